The zero-order valence-electron chi connectivity index (χ0n) is 14.0. The van der Waals surface area contributed by atoms with Crippen LogP contribution in [0.15, 0.2) is 78.9 Å². The van der Waals surface area contributed by atoms with E-state index < -0.39 is 0 Å². The molecule has 0 spiro atoms. The Morgan fingerprint density at radius 1 is 0.542 bits per heavy atom. The van der Waals surface area contributed by atoms with Crippen LogP contribution in [-0.4, -0.2) is 14.1 Å². The molecule has 0 fully saturated rings. The highest BCUT2D eigenvalue weighted by Crippen LogP contribution is 2.19. The number of anilines is 5. The summed E-state index contributed by atoms with van der Waals surface area (Å²) in [6.07, 6.45) is 0. The van der Waals surface area contributed by atoms with E-state index in [4.69, 9.17) is 0 Å². The molecule has 0 aliphatic heterocycles. The van der Waals surface area contributed by atoms with Gasteiger partial charge in [0.2, 0.25) is 0 Å². The van der Waals surface area contributed by atoms with Crippen molar-refractivity contribution < 1.29 is 0 Å². The Morgan fingerprint density at radius 3 is 1.54 bits per heavy atom. The molecule has 4 nitrogen and oxygen atoms in total. The van der Waals surface area contributed by atoms with E-state index in [1.807, 2.05) is 80.8 Å². The summed E-state index contributed by atoms with van der Waals surface area (Å²) in [5.41, 5.74) is 11.8. The summed E-state index contributed by atoms with van der Waals surface area (Å²) in [5, 5.41) is 3.37. The fourth-order valence-corrected chi connectivity index (χ4v) is 2.31. The molecule has 0 aliphatic carbocycles. The fraction of sp³-hybridized carbons (Fsp3) is 0.100. The highest BCUT2D eigenvalue weighted by molar-refractivity contribution is 5.63. The average Bonchev–Trinajstić information content (AvgIpc) is 2.62. The summed E-state index contributed by atoms with van der Waals surface area (Å²) in [5.74, 6) is 0. The van der Waals surface area contributed by atoms with Crippen molar-refractivity contribution >= 4 is 28.4 Å². The summed E-state index contributed by atoms with van der Waals surface area (Å²) < 4.78 is 0. The average molecular weight is 318 g/mol. The van der Waals surface area contributed by atoms with Gasteiger partial charge in [-0.2, -0.15) is 0 Å². The van der Waals surface area contributed by atoms with Crippen molar-refractivity contribution in [3.05, 3.63) is 78.9 Å². The van der Waals surface area contributed by atoms with Crippen molar-refractivity contribution in [2.24, 2.45) is 0 Å². The molecule has 3 rings (SSSR count). The minimum absolute atomic E-state index is 1.00. The van der Waals surface area contributed by atoms with E-state index in [1.54, 1.807) is 0 Å². The van der Waals surface area contributed by atoms with Crippen LogP contribution < -0.4 is 21.1 Å². The Balaban J connectivity index is 1.56. The van der Waals surface area contributed by atoms with E-state index in [0.29, 0.717) is 0 Å². The Bertz CT molecular complexity index is 750. The van der Waals surface area contributed by atoms with Crippen LogP contribution in [0.3, 0.4) is 0 Å². The van der Waals surface area contributed by atoms with Crippen molar-refractivity contribution in [2.45, 2.75) is 0 Å². The van der Waals surface area contributed by atoms with Crippen LogP contribution in [0.5, 0.6) is 0 Å². The molecule has 0 amide bonds. The number of para-hydroxylation sites is 1. The maximum absolute atomic E-state index is 3.37. The first-order valence-corrected chi connectivity index (χ1v) is 7.92. The van der Waals surface area contributed by atoms with Crippen LogP contribution in [-0.2, 0) is 0 Å². The van der Waals surface area contributed by atoms with Crippen molar-refractivity contribution in [1.82, 2.24) is 0 Å². The summed E-state index contributed by atoms with van der Waals surface area (Å²) in [7, 11) is 4.07. The van der Waals surface area contributed by atoms with Gasteiger partial charge in [-0.3, -0.25) is 0 Å². The standard InChI is InChI=1S/C20H22N4/c1-24(2)20-14-12-19(13-15-20)23-22-18-10-8-17(9-11-18)21-16-6-4-3-5-7-16/h3-15,21-23H,1-2H3. The first-order valence-electron chi connectivity index (χ1n) is 7.92. The molecule has 0 saturated carbocycles. The summed E-state index contributed by atoms with van der Waals surface area (Å²) in [6.45, 7) is 0. The fourth-order valence-electron chi connectivity index (χ4n) is 2.31. The third-order valence-electron chi connectivity index (χ3n) is 3.68. The molecule has 0 unspecified atom stereocenters. The van der Waals surface area contributed by atoms with Crippen molar-refractivity contribution in [1.29, 1.82) is 0 Å². The maximum Gasteiger partial charge on any atom is 0.0541 e. The van der Waals surface area contributed by atoms with Gasteiger partial charge in [0.15, 0.2) is 0 Å². The lowest BCUT2D eigenvalue weighted by Gasteiger charge is -2.14. The number of nitrogens with one attached hydrogen (secondary N) is 3. The Kier molecular flexibility index (Phi) is 4.87. The Morgan fingerprint density at radius 2 is 1.00 bits per heavy atom. The van der Waals surface area contributed by atoms with Gasteiger partial charge in [-0.15, -0.1) is 0 Å². The molecule has 0 heterocycles. The summed E-state index contributed by atoms with van der Waals surface area (Å²) >= 11 is 0. The number of hydrazine groups is 1. The van der Waals surface area contributed by atoms with Gasteiger partial charge in [0, 0.05) is 31.2 Å². The monoisotopic (exact) mass is 318 g/mol. The third kappa shape index (κ3) is 4.20. The van der Waals surface area contributed by atoms with Crippen LogP contribution in [0, 0.1) is 0 Å². The van der Waals surface area contributed by atoms with Crippen LogP contribution in [0.1, 0.15) is 0 Å². The number of hydrogen-bond acceptors (Lipinski definition) is 4. The molecular weight excluding hydrogens is 296 g/mol. The molecule has 4 heteroatoms. The van der Waals surface area contributed by atoms with E-state index >= 15 is 0 Å². The van der Waals surface area contributed by atoms with Crippen molar-refractivity contribution in [2.75, 3.05) is 35.2 Å². The molecule has 0 aliphatic rings. The highest BCUT2D eigenvalue weighted by atomic mass is 15.4. The number of nitrogens with zero attached hydrogens (tertiary/aromatic N) is 1. The van der Waals surface area contributed by atoms with Gasteiger partial charge < -0.3 is 21.1 Å². The molecule has 0 saturated heterocycles. The van der Waals surface area contributed by atoms with E-state index in [0.717, 1.165) is 22.7 Å². The van der Waals surface area contributed by atoms with Crippen molar-refractivity contribution in [3.8, 4) is 0 Å². The quantitative estimate of drug-likeness (QED) is 0.563. The number of benzene rings is 3. The highest BCUT2D eigenvalue weighted by Gasteiger charge is 1.97. The lowest BCUT2D eigenvalue weighted by atomic mass is 10.2. The van der Waals surface area contributed by atoms with Crippen LogP contribution >= 0.6 is 0 Å². The van der Waals surface area contributed by atoms with Crippen LogP contribution in [0.4, 0.5) is 28.4 Å². The maximum atomic E-state index is 3.37. The molecule has 0 atom stereocenters. The van der Waals surface area contributed by atoms with Gasteiger partial charge in [-0.1, -0.05) is 18.2 Å². The Hall–Kier alpha value is -3.14. The Labute approximate surface area is 143 Å². The molecule has 0 bridgehead atoms. The van der Waals surface area contributed by atoms with Gasteiger partial charge in [-0.25, -0.2) is 0 Å². The minimum atomic E-state index is 1.00. The van der Waals surface area contributed by atoms with Crippen molar-refractivity contribution in [3.63, 3.8) is 0 Å². The first-order chi connectivity index (χ1) is 11.7. The van der Waals surface area contributed by atoms with Crippen LogP contribution in [0.2, 0.25) is 0 Å². The van der Waals surface area contributed by atoms with Gasteiger partial charge in [-0.05, 0) is 60.7 Å². The molecule has 122 valence electrons. The summed E-state index contributed by atoms with van der Waals surface area (Å²) in [6, 6.07) is 26.6. The lowest BCUT2D eigenvalue weighted by molar-refractivity contribution is 1.13. The molecule has 24 heavy (non-hydrogen) atoms. The second kappa shape index (κ2) is 7.42. The third-order valence-corrected chi connectivity index (χ3v) is 3.68. The summed E-state index contributed by atoms with van der Waals surface area (Å²) in [4.78, 5) is 2.08. The second-order valence-electron chi connectivity index (χ2n) is 5.76. The normalized spacial score (nSPS) is 10.1. The molecule has 0 aromatic heterocycles. The molecule has 3 aromatic rings. The van der Waals surface area contributed by atoms with E-state index in [1.165, 1.54) is 5.69 Å². The van der Waals surface area contributed by atoms with Gasteiger partial charge >= 0.3 is 0 Å². The van der Waals surface area contributed by atoms with Gasteiger partial charge in [0.1, 0.15) is 0 Å². The topological polar surface area (TPSA) is 39.3 Å². The minimum Gasteiger partial charge on any atom is -0.378 e. The van der Waals surface area contributed by atoms with E-state index in [2.05, 4.69) is 33.2 Å². The lowest BCUT2D eigenvalue weighted by Crippen LogP contribution is -2.10. The molecular formula is C20H22N4. The molecule has 0 radical (unpaired) electrons. The number of hydrogen-bond donors (Lipinski definition) is 3. The zero-order chi connectivity index (χ0) is 16.8. The second-order valence-corrected chi connectivity index (χ2v) is 5.76. The number of rotatable bonds is 6. The van der Waals surface area contributed by atoms with Gasteiger partial charge in [0.25, 0.3) is 0 Å². The first kappa shape index (κ1) is 15.7. The van der Waals surface area contributed by atoms with Gasteiger partial charge in [0.05, 0.1) is 11.4 Å². The predicted molar refractivity (Wildman–Crippen MR) is 104 cm³/mol. The molecule has 3 N–H and O–H groups in total. The van der Waals surface area contributed by atoms with E-state index in [-0.39, 0.29) is 0 Å². The smallest absolute Gasteiger partial charge is 0.0541 e. The zero-order valence-corrected chi connectivity index (χ0v) is 14.0. The van der Waals surface area contributed by atoms with Crippen LogP contribution in [0.25, 0.3) is 0 Å². The SMILES string of the molecule is CN(C)c1ccc(NNc2ccc(Nc3ccccc3)cc2)cc1. The van der Waals surface area contributed by atoms with E-state index in [9.17, 15) is 0 Å². The molecule has 3 aromatic carbocycles. The predicted octanol–water partition coefficient (Wildman–Crippen LogP) is 4.94. The largest absolute Gasteiger partial charge is 0.378 e.